The lowest BCUT2D eigenvalue weighted by atomic mass is 10.0. The Kier molecular flexibility index (Phi) is 4.23. The molecule has 4 nitrogen and oxygen atoms in total. The molecule has 0 radical (unpaired) electrons. The van der Waals surface area contributed by atoms with Crippen LogP contribution < -0.4 is 4.74 Å². The maximum Gasteiger partial charge on any atom is 0.223 e. The number of hydrogen-bond acceptors (Lipinski definition) is 3. The number of likely N-dealkylation sites (tertiary alicyclic amines) is 1. The summed E-state index contributed by atoms with van der Waals surface area (Å²) in [6.45, 7) is 5.93. The summed E-state index contributed by atoms with van der Waals surface area (Å²) < 4.78 is 5.12. The Bertz CT molecular complexity index is 521. The van der Waals surface area contributed by atoms with Gasteiger partial charge in [-0.1, -0.05) is 18.7 Å². The lowest BCUT2D eigenvalue weighted by Crippen LogP contribution is -2.29. The normalized spacial score (nSPS) is 19.8. The predicted molar refractivity (Wildman–Crippen MR) is 76.4 cm³/mol. The number of allylic oxidation sites excluding steroid dienone is 1. The molecule has 1 aliphatic rings. The average molecular weight is 273 g/mol. The number of nitrogens with zero attached hydrogens (tertiary/aromatic N) is 1. The number of carbonyl (C=O) groups excluding carboxylic acids is 2. The van der Waals surface area contributed by atoms with E-state index in [1.54, 1.807) is 12.0 Å². The minimum Gasteiger partial charge on any atom is -0.497 e. The lowest BCUT2D eigenvalue weighted by molar-refractivity contribution is -0.129. The third-order valence-electron chi connectivity index (χ3n) is 3.83. The van der Waals surface area contributed by atoms with Gasteiger partial charge in [0.15, 0.2) is 5.78 Å². The molecule has 1 aromatic rings. The van der Waals surface area contributed by atoms with E-state index in [2.05, 4.69) is 6.58 Å². The smallest absolute Gasteiger partial charge is 0.223 e. The van der Waals surface area contributed by atoms with Crippen molar-refractivity contribution in [3.63, 3.8) is 0 Å². The van der Waals surface area contributed by atoms with E-state index in [1.807, 2.05) is 31.2 Å². The molecule has 1 fully saturated rings. The molecule has 1 saturated heterocycles. The van der Waals surface area contributed by atoms with Crippen LogP contribution in [0.2, 0.25) is 0 Å². The Labute approximate surface area is 119 Å². The number of ketones is 1. The number of amides is 1. The minimum atomic E-state index is -0.249. The SMILES string of the molecule is C=CC(=O)C1CC(=O)N(C(C)c2ccc(OC)cc2)C1. The minimum absolute atomic E-state index is 0.0218. The van der Waals surface area contributed by atoms with Gasteiger partial charge in [-0.15, -0.1) is 0 Å². The van der Waals surface area contributed by atoms with Crippen LogP contribution in [0.15, 0.2) is 36.9 Å². The van der Waals surface area contributed by atoms with Gasteiger partial charge >= 0.3 is 0 Å². The Morgan fingerprint density at radius 3 is 2.65 bits per heavy atom. The fraction of sp³-hybridized carbons (Fsp3) is 0.375. The zero-order valence-electron chi connectivity index (χ0n) is 11.8. The quantitative estimate of drug-likeness (QED) is 0.774. The summed E-state index contributed by atoms with van der Waals surface area (Å²) in [6, 6.07) is 7.59. The van der Waals surface area contributed by atoms with Crippen LogP contribution in [-0.2, 0) is 9.59 Å². The lowest BCUT2D eigenvalue weighted by Gasteiger charge is -2.25. The second-order valence-corrected chi connectivity index (χ2v) is 5.00. The van der Waals surface area contributed by atoms with Gasteiger partial charge in [0, 0.05) is 18.9 Å². The Hall–Kier alpha value is -2.10. The molecule has 1 amide bonds. The molecular formula is C16H19NO3. The van der Waals surface area contributed by atoms with Crippen molar-refractivity contribution >= 4 is 11.7 Å². The van der Waals surface area contributed by atoms with E-state index in [1.165, 1.54) is 6.08 Å². The molecule has 2 unspecified atom stereocenters. The molecule has 0 N–H and O–H groups in total. The zero-order valence-corrected chi connectivity index (χ0v) is 11.8. The van der Waals surface area contributed by atoms with E-state index in [9.17, 15) is 9.59 Å². The van der Waals surface area contributed by atoms with Gasteiger partial charge in [-0.05, 0) is 30.7 Å². The summed E-state index contributed by atoms with van der Waals surface area (Å²) in [4.78, 5) is 25.4. The molecule has 2 atom stereocenters. The van der Waals surface area contributed by atoms with Gasteiger partial charge in [0.1, 0.15) is 5.75 Å². The topological polar surface area (TPSA) is 46.6 Å². The highest BCUT2D eigenvalue weighted by Gasteiger charge is 2.35. The molecule has 4 heteroatoms. The first-order valence-corrected chi connectivity index (χ1v) is 6.66. The summed E-state index contributed by atoms with van der Waals surface area (Å²) in [6.07, 6.45) is 1.59. The van der Waals surface area contributed by atoms with Gasteiger partial charge in [-0.25, -0.2) is 0 Å². The molecule has 0 aromatic heterocycles. The zero-order chi connectivity index (χ0) is 14.7. The molecule has 0 spiro atoms. The summed E-state index contributed by atoms with van der Waals surface area (Å²) in [5.41, 5.74) is 1.03. The van der Waals surface area contributed by atoms with Crippen LogP contribution >= 0.6 is 0 Å². The fourth-order valence-electron chi connectivity index (χ4n) is 2.53. The van der Waals surface area contributed by atoms with Crippen LogP contribution in [0.1, 0.15) is 24.9 Å². The average Bonchev–Trinajstić information content (AvgIpc) is 2.87. The number of rotatable bonds is 5. The van der Waals surface area contributed by atoms with Gasteiger partial charge in [-0.2, -0.15) is 0 Å². The van der Waals surface area contributed by atoms with Crippen LogP contribution in [0.5, 0.6) is 5.75 Å². The van der Waals surface area contributed by atoms with Crippen molar-refractivity contribution in [2.45, 2.75) is 19.4 Å². The monoisotopic (exact) mass is 273 g/mol. The summed E-state index contributed by atoms with van der Waals surface area (Å²) in [5, 5.41) is 0. The van der Waals surface area contributed by atoms with Crippen LogP contribution in [0.25, 0.3) is 0 Å². The molecule has 20 heavy (non-hydrogen) atoms. The van der Waals surface area contributed by atoms with Crippen LogP contribution in [0.4, 0.5) is 0 Å². The van der Waals surface area contributed by atoms with Gasteiger partial charge in [0.05, 0.1) is 13.2 Å². The van der Waals surface area contributed by atoms with Gasteiger partial charge in [0.2, 0.25) is 5.91 Å². The fourth-order valence-corrected chi connectivity index (χ4v) is 2.53. The van der Waals surface area contributed by atoms with Crippen molar-refractivity contribution in [3.8, 4) is 5.75 Å². The van der Waals surface area contributed by atoms with Crippen molar-refractivity contribution in [3.05, 3.63) is 42.5 Å². The number of hydrogen-bond donors (Lipinski definition) is 0. The van der Waals surface area contributed by atoms with Gasteiger partial charge in [0.25, 0.3) is 0 Å². The number of methoxy groups -OCH3 is 1. The first-order valence-electron chi connectivity index (χ1n) is 6.66. The van der Waals surface area contributed by atoms with Gasteiger partial charge < -0.3 is 9.64 Å². The van der Waals surface area contributed by atoms with E-state index >= 15 is 0 Å². The van der Waals surface area contributed by atoms with Crippen molar-refractivity contribution < 1.29 is 14.3 Å². The van der Waals surface area contributed by atoms with E-state index < -0.39 is 0 Å². The summed E-state index contributed by atoms with van der Waals surface area (Å²) >= 11 is 0. The van der Waals surface area contributed by atoms with E-state index in [0.29, 0.717) is 6.54 Å². The van der Waals surface area contributed by atoms with Crippen molar-refractivity contribution in [2.24, 2.45) is 5.92 Å². The summed E-state index contributed by atoms with van der Waals surface area (Å²) in [5.74, 6) is 0.505. The van der Waals surface area contributed by atoms with Crippen molar-refractivity contribution in [1.29, 1.82) is 0 Å². The van der Waals surface area contributed by atoms with Crippen LogP contribution in [0.3, 0.4) is 0 Å². The Morgan fingerprint density at radius 2 is 2.10 bits per heavy atom. The number of carbonyl (C=O) groups is 2. The number of benzene rings is 1. The summed E-state index contributed by atoms with van der Waals surface area (Å²) in [7, 11) is 1.62. The second kappa shape index (κ2) is 5.90. The first-order chi connectivity index (χ1) is 9.56. The maximum absolute atomic E-state index is 12.1. The molecule has 106 valence electrons. The molecule has 1 aliphatic heterocycles. The van der Waals surface area contributed by atoms with E-state index in [-0.39, 0.29) is 30.1 Å². The van der Waals surface area contributed by atoms with E-state index in [4.69, 9.17) is 4.74 Å². The highest BCUT2D eigenvalue weighted by atomic mass is 16.5. The molecular weight excluding hydrogens is 254 g/mol. The van der Waals surface area contributed by atoms with Crippen molar-refractivity contribution in [2.75, 3.05) is 13.7 Å². The Morgan fingerprint density at radius 1 is 1.45 bits per heavy atom. The molecule has 1 heterocycles. The highest BCUT2D eigenvalue weighted by molar-refractivity contribution is 5.96. The predicted octanol–water partition coefficient (Wildman–Crippen LogP) is 2.36. The molecule has 0 saturated carbocycles. The number of ether oxygens (including phenoxy) is 1. The third kappa shape index (κ3) is 2.74. The van der Waals surface area contributed by atoms with Crippen molar-refractivity contribution in [1.82, 2.24) is 4.90 Å². The van der Waals surface area contributed by atoms with Crippen LogP contribution in [-0.4, -0.2) is 30.2 Å². The molecule has 2 rings (SSSR count). The van der Waals surface area contributed by atoms with Gasteiger partial charge in [-0.3, -0.25) is 9.59 Å². The maximum atomic E-state index is 12.1. The Balaban J connectivity index is 2.12. The van der Waals surface area contributed by atoms with E-state index in [0.717, 1.165) is 11.3 Å². The molecule has 0 bridgehead atoms. The molecule has 0 aliphatic carbocycles. The second-order valence-electron chi connectivity index (χ2n) is 5.00. The van der Waals surface area contributed by atoms with Crippen LogP contribution in [0, 0.1) is 5.92 Å². The first kappa shape index (κ1) is 14.3. The largest absolute Gasteiger partial charge is 0.497 e. The molecule has 1 aromatic carbocycles. The third-order valence-corrected chi connectivity index (χ3v) is 3.83. The highest BCUT2D eigenvalue weighted by Crippen LogP contribution is 2.29. The standard InChI is InChI=1S/C16H19NO3/c1-4-15(18)13-9-16(19)17(10-13)11(2)12-5-7-14(20-3)8-6-12/h4-8,11,13H,1,9-10H2,2-3H3.